The van der Waals surface area contributed by atoms with Gasteiger partial charge in [-0.3, -0.25) is 0 Å². The Labute approximate surface area is 251 Å². The first kappa shape index (κ1) is 34.3. The molecule has 0 amide bonds. The summed E-state index contributed by atoms with van der Waals surface area (Å²) in [5.74, 6) is -1.02. The lowest BCUT2D eigenvalue weighted by Gasteiger charge is -2.14. The third-order valence-electron chi connectivity index (χ3n) is 5.54. The van der Waals surface area contributed by atoms with E-state index in [-0.39, 0.29) is 38.6 Å². The molecule has 0 radical (unpaired) electrons. The first-order chi connectivity index (χ1) is 20.5. The summed E-state index contributed by atoms with van der Waals surface area (Å²) in [5, 5.41) is 0. The first-order valence-corrected chi connectivity index (χ1v) is 13.7. The summed E-state index contributed by atoms with van der Waals surface area (Å²) in [5.41, 5.74) is 2.07. The van der Waals surface area contributed by atoms with Crippen LogP contribution in [0.25, 0.3) is 0 Å². The minimum absolute atomic E-state index is 0.129. The second-order valence-corrected chi connectivity index (χ2v) is 9.60. The van der Waals surface area contributed by atoms with Crippen LogP contribution in [-0.4, -0.2) is 56.9 Å². The number of esters is 4. The van der Waals surface area contributed by atoms with Crippen molar-refractivity contribution in [2.45, 2.75) is 40.0 Å². The molecule has 0 bridgehead atoms. The molecule has 2 aromatic carbocycles. The summed E-state index contributed by atoms with van der Waals surface area (Å²) in [6.07, 6.45) is 1.31. The van der Waals surface area contributed by atoms with Gasteiger partial charge in [-0.2, -0.15) is 0 Å². The highest BCUT2D eigenvalue weighted by atomic mass is 16.6. The molecule has 0 heterocycles. The summed E-state index contributed by atoms with van der Waals surface area (Å²) in [4.78, 5) is 47.5. The predicted octanol–water partition coefficient (Wildman–Crippen LogP) is 5.34. The Morgan fingerprint density at radius 1 is 0.605 bits per heavy atom. The maximum Gasteiger partial charge on any atom is 0.343 e. The summed E-state index contributed by atoms with van der Waals surface area (Å²) >= 11 is 0. The van der Waals surface area contributed by atoms with Crippen LogP contribution in [0.3, 0.4) is 0 Å². The van der Waals surface area contributed by atoms with Crippen LogP contribution >= 0.6 is 0 Å². The summed E-state index contributed by atoms with van der Waals surface area (Å²) in [6, 6.07) is 11.5. The second-order valence-electron chi connectivity index (χ2n) is 9.60. The van der Waals surface area contributed by atoms with Crippen molar-refractivity contribution in [2.75, 3.05) is 33.0 Å². The zero-order chi connectivity index (χ0) is 31.8. The third kappa shape index (κ3) is 12.7. The quantitative estimate of drug-likeness (QED) is 0.0734. The van der Waals surface area contributed by atoms with E-state index in [9.17, 15) is 19.2 Å². The Bertz CT molecular complexity index is 1320. The predicted molar refractivity (Wildman–Crippen MR) is 159 cm³/mol. The van der Waals surface area contributed by atoms with E-state index in [2.05, 4.69) is 19.7 Å². The molecule has 0 atom stereocenters. The van der Waals surface area contributed by atoms with E-state index in [0.29, 0.717) is 53.2 Å². The zero-order valence-electron chi connectivity index (χ0n) is 24.9. The fourth-order valence-electron chi connectivity index (χ4n) is 3.20. The van der Waals surface area contributed by atoms with Crippen LogP contribution in [0.1, 0.15) is 49.5 Å². The van der Waals surface area contributed by atoms with Gasteiger partial charge in [-0.1, -0.05) is 31.9 Å². The van der Waals surface area contributed by atoms with Crippen molar-refractivity contribution in [1.29, 1.82) is 0 Å². The van der Waals surface area contributed by atoms with Gasteiger partial charge in [-0.15, -0.1) is 0 Å². The summed E-state index contributed by atoms with van der Waals surface area (Å²) in [7, 11) is 0. The van der Waals surface area contributed by atoms with Crippen molar-refractivity contribution in [3.63, 3.8) is 0 Å². The number of hydrogen-bond donors (Lipinski definition) is 0. The van der Waals surface area contributed by atoms with Crippen LogP contribution in [0.5, 0.6) is 17.2 Å². The van der Waals surface area contributed by atoms with Gasteiger partial charge in [-0.05, 0) is 56.7 Å². The highest BCUT2D eigenvalue weighted by Gasteiger charge is 2.15. The molecule has 230 valence electrons. The van der Waals surface area contributed by atoms with Crippen LogP contribution in [-0.2, 0) is 35.0 Å². The lowest BCUT2D eigenvalue weighted by atomic mass is 10.1. The van der Waals surface area contributed by atoms with Gasteiger partial charge in [0, 0.05) is 36.0 Å². The van der Waals surface area contributed by atoms with Gasteiger partial charge in [0.05, 0.1) is 38.6 Å². The molecular weight excluding hydrogens is 556 g/mol. The standard InChI is InChI=1S/C33H38O10/c1-22(2)30(34)40-18-7-16-38-28-14-11-26(21-29(28)39-17-8-19-41-31(35)23(3)4)33(37)43-27-12-9-25(10-13-27)15-20-42-32(36)24(5)6/h9-14,21H,1,3,5,7-8,15-20H2,2,4,6H3. The average molecular weight is 595 g/mol. The summed E-state index contributed by atoms with van der Waals surface area (Å²) in [6.45, 7) is 16.2. The van der Waals surface area contributed by atoms with E-state index in [1.54, 1.807) is 57.2 Å². The zero-order valence-corrected chi connectivity index (χ0v) is 24.9. The molecule has 0 saturated heterocycles. The molecule has 0 saturated carbocycles. The van der Waals surface area contributed by atoms with Crippen LogP contribution in [0, 0.1) is 0 Å². The molecule has 10 heteroatoms. The molecular formula is C33H38O10. The molecule has 0 unspecified atom stereocenters. The lowest BCUT2D eigenvalue weighted by Crippen LogP contribution is -2.12. The highest BCUT2D eigenvalue weighted by molar-refractivity contribution is 5.92. The average Bonchev–Trinajstić information content (AvgIpc) is 2.97. The second kappa shape index (κ2) is 17.8. The van der Waals surface area contributed by atoms with Crippen LogP contribution in [0.4, 0.5) is 0 Å². The molecule has 10 nitrogen and oxygen atoms in total. The maximum atomic E-state index is 12.9. The number of carbonyl (C=O) groups excluding carboxylic acids is 4. The van der Waals surface area contributed by atoms with E-state index in [1.165, 1.54) is 6.07 Å². The van der Waals surface area contributed by atoms with E-state index in [1.807, 2.05) is 0 Å². The Morgan fingerprint density at radius 3 is 1.60 bits per heavy atom. The molecule has 0 aliphatic carbocycles. The molecule has 0 fully saturated rings. The van der Waals surface area contributed by atoms with Crippen LogP contribution < -0.4 is 14.2 Å². The normalized spacial score (nSPS) is 10.2. The van der Waals surface area contributed by atoms with Crippen molar-refractivity contribution < 1.29 is 47.6 Å². The van der Waals surface area contributed by atoms with Gasteiger partial charge >= 0.3 is 23.9 Å². The van der Waals surface area contributed by atoms with Crippen LogP contribution in [0.2, 0.25) is 0 Å². The van der Waals surface area contributed by atoms with Gasteiger partial charge in [0.25, 0.3) is 0 Å². The van der Waals surface area contributed by atoms with Crippen molar-refractivity contribution in [3.8, 4) is 17.2 Å². The topological polar surface area (TPSA) is 124 Å². The SMILES string of the molecule is C=C(C)C(=O)OCCCOc1ccc(C(=O)Oc2ccc(CCOC(=O)C(=C)C)cc2)cc1OCCCOC(=O)C(=C)C. The lowest BCUT2D eigenvalue weighted by molar-refractivity contribution is -0.140. The minimum atomic E-state index is -0.610. The van der Waals surface area contributed by atoms with Gasteiger partial charge < -0.3 is 28.4 Å². The molecule has 2 rings (SSSR count). The van der Waals surface area contributed by atoms with E-state index in [0.717, 1.165) is 5.56 Å². The Hall–Kier alpha value is -4.86. The smallest absolute Gasteiger partial charge is 0.343 e. The van der Waals surface area contributed by atoms with Crippen molar-refractivity contribution in [3.05, 3.63) is 90.0 Å². The highest BCUT2D eigenvalue weighted by Crippen LogP contribution is 2.29. The molecule has 0 aliphatic heterocycles. The fraction of sp³-hybridized carbons (Fsp3) is 0.333. The Kier molecular flexibility index (Phi) is 14.3. The molecule has 43 heavy (non-hydrogen) atoms. The van der Waals surface area contributed by atoms with Crippen molar-refractivity contribution >= 4 is 23.9 Å². The number of ether oxygens (including phenoxy) is 6. The Balaban J connectivity index is 2.00. The van der Waals surface area contributed by atoms with Gasteiger partial charge in [0.2, 0.25) is 0 Å². The fourth-order valence-corrected chi connectivity index (χ4v) is 3.20. The number of benzene rings is 2. The number of hydrogen-bond acceptors (Lipinski definition) is 10. The largest absolute Gasteiger partial charge is 0.490 e. The van der Waals surface area contributed by atoms with E-state index in [4.69, 9.17) is 28.4 Å². The molecule has 2 aromatic rings. The van der Waals surface area contributed by atoms with Gasteiger partial charge in [0.15, 0.2) is 11.5 Å². The maximum absolute atomic E-state index is 12.9. The molecule has 0 spiro atoms. The monoisotopic (exact) mass is 594 g/mol. The number of rotatable bonds is 18. The Morgan fingerprint density at radius 2 is 1.09 bits per heavy atom. The van der Waals surface area contributed by atoms with Crippen molar-refractivity contribution in [1.82, 2.24) is 0 Å². The summed E-state index contributed by atoms with van der Waals surface area (Å²) < 4.78 is 32.4. The third-order valence-corrected chi connectivity index (χ3v) is 5.54. The van der Waals surface area contributed by atoms with E-state index >= 15 is 0 Å². The van der Waals surface area contributed by atoms with Gasteiger partial charge in [-0.25, -0.2) is 19.2 Å². The van der Waals surface area contributed by atoms with Crippen molar-refractivity contribution in [2.24, 2.45) is 0 Å². The van der Waals surface area contributed by atoms with Gasteiger partial charge in [0.1, 0.15) is 5.75 Å². The molecule has 0 aliphatic rings. The molecule has 0 aromatic heterocycles. The number of carbonyl (C=O) groups is 4. The van der Waals surface area contributed by atoms with Crippen LogP contribution in [0.15, 0.2) is 78.9 Å². The molecule has 0 N–H and O–H groups in total. The minimum Gasteiger partial charge on any atom is -0.490 e. The van der Waals surface area contributed by atoms with E-state index < -0.39 is 23.9 Å². The first-order valence-electron chi connectivity index (χ1n) is 13.7.